The minimum atomic E-state index is 0.118. The first-order valence-corrected chi connectivity index (χ1v) is 12.2. The number of benzene rings is 1. The van der Waals surface area contributed by atoms with Crippen molar-refractivity contribution in [2.45, 2.75) is 57.5 Å². The van der Waals surface area contributed by atoms with Crippen molar-refractivity contribution in [1.82, 2.24) is 20.3 Å². The molecule has 0 radical (unpaired) electrons. The summed E-state index contributed by atoms with van der Waals surface area (Å²) in [6, 6.07) is 12.6. The molecule has 1 aromatic carbocycles. The van der Waals surface area contributed by atoms with Gasteiger partial charge in [0, 0.05) is 42.2 Å². The van der Waals surface area contributed by atoms with E-state index in [4.69, 9.17) is 19.1 Å². The summed E-state index contributed by atoms with van der Waals surface area (Å²) in [5, 5.41) is 3.71. The highest BCUT2D eigenvalue weighted by molar-refractivity contribution is 5.86. The van der Waals surface area contributed by atoms with Gasteiger partial charge >= 0.3 is 0 Å². The molecule has 4 heterocycles. The zero-order valence-corrected chi connectivity index (χ0v) is 20.3. The molecule has 1 aliphatic heterocycles. The van der Waals surface area contributed by atoms with Gasteiger partial charge in [0.05, 0.1) is 23.8 Å². The highest BCUT2D eigenvalue weighted by Gasteiger charge is 2.29. The number of nitrogens with zero attached hydrogens (tertiary/aromatic N) is 4. The van der Waals surface area contributed by atoms with Gasteiger partial charge in [0.15, 0.2) is 11.5 Å². The molecule has 4 aromatic rings. The number of hydrogen-bond donors (Lipinski definition) is 1. The molecule has 1 saturated heterocycles. The number of methoxy groups -OCH3 is 1. The first-order chi connectivity index (χ1) is 16.4. The summed E-state index contributed by atoms with van der Waals surface area (Å²) in [5.74, 6) is 3.05. The minimum absolute atomic E-state index is 0.118. The number of rotatable bonds is 5. The van der Waals surface area contributed by atoms with E-state index in [2.05, 4.69) is 48.1 Å². The minimum Gasteiger partial charge on any atom is -0.496 e. The third-order valence-electron chi connectivity index (χ3n) is 6.61. The van der Waals surface area contributed by atoms with Crippen LogP contribution in [-0.4, -0.2) is 46.7 Å². The van der Waals surface area contributed by atoms with Gasteiger partial charge in [-0.05, 0) is 70.4 Å². The molecule has 176 valence electrons. The van der Waals surface area contributed by atoms with Gasteiger partial charge in [0.25, 0.3) is 0 Å². The fourth-order valence-electron chi connectivity index (χ4n) is 4.87. The highest BCUT2D eigenvalue weighted by atomic mass is 16.5. The van der Waals surface area contributed by atoms with Crippen LogP contribution in [0.15, 0.2) is 40.8 Å². The molecule has 34 heavy (non-hydrogen) atoms. The van der Waals surface area contributed by atoms with Gasteiger partial charge in [-0.3, -0.25) is 0 Å². The first kappa shape index (κ1) is 21.4. The Morgan fingerprint density at radius 2 is 1.76 bits per heavy atom. The fourth-order valence-corrected chi connectivity index (χ4v) is 4.87. The Kier molecular flexibility index (Phi) is 4.99. The fraction of sp³-hybridized carbons (Fsp3) is 0.444. The maximum Gasteiger partial charge on any atom is 0.198 e. The van der Waals surface area contributed by atoms with E-state index >= 15 is 0 Å². The molecule has 2 aliphatic rings. The van der Waals surface area contributed by atoms with Crippen LogP contribution in [0.2, 0.25) is 0 Å². The molecule has 1 saturated carbocycles. The van der Waals surface area contributed by atoms with Crippen molar-refractivity contribution in [2.24, 2.45) is 0 Å². The maximum atomic E-state index is 6.04. The zero-order chi connectivity index (χ0) is 23.4. The topological polar surface area (TPSA) is 76.3 Å². The van der Waals surface area contributed by atoms with Gasteiger partial charge in [0.2, 0.25) is 0 Å². The summed E-state index contributed by atoms with van der Waals surface area (Å²) in [5.41, 5.74) is 5.22. The standard InChI is InChI=1S/C27H31N5O2/c1-27(2,3)31-17-11-12-32(15-17)25-10-9-20-21(29-25)8-7-19(28-20)18-13-24-22(14-23(18)33-4)30-26(34-24)16-5-6-16/h7-10,13-14,16-17,31H,5-6,11-12,15H2,1-4H3. The Labute approximate surface area is 199 Å². The van der Waals surface area contributed by atoms with Crippen LogP contribution >= 0.6 is 0 Å². The number of pyridine rings is 2. The van der Waals surface area contributed by atoms with E-state index in [9.17, 15) is 0 Å². The predicted molar refractivity (Wildman–Crippen MR) is 135 cm³/mol. The first-order valence-electron chi connectivity index (χ1n) is 12.2. The Hall–Kier alpha value is -3.19. The molecule has 1 atom stereocenters. The molecular formula is C27H31N5O2. The molecule has 1 N–H and O–H groups in total. The number of aromatic nitrogens is 3. The zero-order valence-electron chi connectivity index (χ0n) is 20.3. The number of anilines is 1. The van der Waals surface area contributed by atoms with Crippen LogP contribution in [0.3, 0.4) is 0 Å². The van der Waals surface area contributed by atoms with Crippen LogP contribution in [0.5, 0.6) is 5.75 Å². The number of fused-ring (bicyclic) bond motifs is 2. The van der Waals surface area contributed by atoms with Crippen LogP contribution < -0.4 is 15.0 Å². The number of hydrogen-bond acceptors (Lipinski definition) is 7. The van der Waals surface area contributed by atoms with Gasteiger partial charge in [-0.1, -0.05) is 0 Å². The second-order valence-corrected chi connectivity index (χ2v) is 10.6. The molecule has 0 amide bonds. The summed E-state index contributed by atoms with van der Waals surface area (Å²) >= 11 is 0. The number of ether oxygens (including phenoxy) is 1. The van der Waals surface area contributed by atoms with E-state index < -0.39 is 0 Å². The second kappa shape index (κ2) is 7.94. The Bertz CT molecular complexity index is 1370. The molecule has 7 nitrogen and oxygen atoms in total. The van der Waals surface area contributed by atoms with Crippen LogP contribution in [-0.2, 0) is 0 Å². The van der Waals surface area contributed by atoms with Crippen molar-refractivity contribution in [3.63, 3.8) is 0 Å². The van der Waals surface area contributed by atoms with E-state index in [1.807, 2.05) is 24.3 Å². The number of nitrogens with one attached hydrogen (secondary N) is 1. The summed E-state index contributed by atoms with van der Waals surface area (Å²) in [6.45, 7) is 8.63. The van der Waals surface area contributed by atoms with Gasteiger partial charge < -0.3 is 19.4 Å². The highest BCUT2D eigenvalue weighted by Crippen LogP contribution is 2.42. The normalized spacial score (nSPS) is 18.8. The smallest absolute Gasteiger partial charge is 0.198 e. The Morgan fingerprint density at radius 3 is 2.53 bits per heavy atom. The summed E-state index contributed by atoms with van der Waals surface area (Å²) < 4.78 is 11.7. The van der Waals surface area contributed by atoms with Crippen molar-refractivity contribution in [3.05, 3.63) is 42.3 Å². The van der Waals surface area contributed by atoms with Crippen molar-refractivity contribution in [1.29, 1.82) is 0 Å². The van der Waals surface area contributed by atoms with Crippen LogP contribution in [0.4, 0.5) is 5.82 Å². The Morgan fingerprint density at radius 1 is 0.971 bits per heavy atom. The lowest BCUT2D eigenvalue weighted by atomic mass is 10.1. The van der Waals surface area contributed by atoms with Gasteiger partial charge in [0.1, 0.15) is 17.1 Å². The molecule has 2 fully saturated rings. The molecule has 0 spiro atoms. The largest absolute Gasteiger partial charge is 0.496 e. The molecule has 1 unspecified atom stereocenters. The van der Waals surface area contributed by atoms with E-state index in [-0.39, 0.29) is 5.54 Å². The van der Waals surface area contributed by atoms with Gasteiger partial charge in [-0.2, -0.15) is 0 Å². The van der Waals surface area contributed by atoms with E-state index in [1.165, 1.54) is 0 Å². The third-order valence-corrected chi connectivity index (χ3v) is 6.61. The summed E-state index contributed by atoms with van der Waals surface area (Å²) in [7, 11) is 1.68. The monoisotopic (exact) mass is 457 g/mol. The molecular weight excluding hydrogens is 426 g/mol. The van der Waals surface area contributed by atoms with E-state index in [0.717, 1.165) is 83.2 Å². The predicted octanol–water partition coefficient (Wildman–Crippen LogP) is 5.29. The lowest BCUT2D eigenvalue weighted by Gasteiger charge is -2.26. The number of oxazole rings is 1. The van der Waals surface area contributed by atoms with Gasteiger partial charge in [-0.25, -0.2) is 15.0 Å². The molecule has 7 heteroatoms. The lowest BCUT2D eigenvalue weighted by Crippen LogP contribution is -2.44. The van der Waals surface area contributed by atoms with Crippen LogP contribution in [0, 0.1) is 0 Å². The maximum absolute atomic E-state index is 6.04. The quantitative estimate of drug-likeness (QED) is 0.436. The molecule has 3 aromatic heterocycles. The van der Waals surface area contributed by atoms with Gasteiger partial charge in [-0.15, -0.1) is 0 Å². The van der Waals surface area contributed by atoms with Crippen molar-refractivity contribution in [3.8, 4) is 17.0 Å². The van der Waals surface area contributed by atoms with Crippen LogP contribution in [0.25, 0.3) is 33.4 Å². The van der Waals surface area contributed by atoms with Crippen molar-refractivity contribution < 1.29 is 9.15 Å². The van der Waals surface area contributed by atoms with Crippen molar-refractivity contribution >= 4 is 28.0 Å². The third kappa shape index (κ3) is 4.09. The molecule has 6 rings (SSSR count). The molecule has 1 aliphatic carbocycles. The summed E-state index contributed by atoms with van der Waals surface area (Å²) in [4.78, 5) is 16.8. The molecule has 0 bridgehead atoms. The summed E-state index contributed by atoms with van der Waals surface area (Å²) in [6.07, 6.45) is 3.44. The Balaban J connectivity index is 1.29. The average Bonchev–Trinajstić information content (AvgIpc) is 3.42. The van der Waals surface area contributed by atoms with E-state index in [1.54, 1.807) is 7.11 Å². The van der Waals surface area contributed by atoms with Crippen molar-refractivity contribution in [2.75, 3.05) is 25.1 Å². The average molecular weight is 458 g/mol. The second-order valence-electron chi connectivity index (χ2n) is 10.6. The SMILES string of the molecule is COc1cc2nc(C3CC3)oc2cc1-c1ccc2nc(N3CCC(NC(C)(C)C)C3)ccc2n1. The lowest BCUT2D eigenvalue weighted by molar-refractivity contribution is 0.373. The van der Waals surface area contributed by atoms with Crippen LogP contribution in [0.1, 0.15) is 51.8 Å². The van der Waals surface area contributed by atoms with E-state index in [0.29, 0.717) is 12.0 Å².